The van der Waals surface area contributed by atoms with Gasteiger partial charge in [-0.15, -0.1) is 0 Å². The van der Waals surface area contributed by atoms with Crippen LogP contribution in [-0.4, -0.2) is 47.9 Å². The lowest BCUT2D eigenvalue weighted by Gasteiger charge is -2.40. The van der Waals surface area contributed by atoms with Gasteiger partial charge >= 0.3 is 0 Å². The van der Waals surface area contributed by atoms with E-state index < -0.39 is 0 Å². The summed E-state index contributed by atoms with van der Waals surface area (Å²) in [6.45, 7) is 13.5. The number of morpholine rings is 1. The SMILES string of the molecule is C[C@@H]1CN(CC#C[C@]2(C)CCCC(C)(C)O2)C[C@H](C)O1. The van der Waals surface area contributed by atoms with Gasteiger partial charge in [-0.25, -0.2) is 0 Å². The average molecular weight is 279 g/mol. The molecule has 2 aliphatic rings. The molecule has 3 atom stereocenters. The van der Waals surface area contributed by atoms with Crippen molar-refractivity contribution in [1.29, 1.82) is 0 Å². The molecule has 0 spiro atoms. The molecule has 2 saturated heterocycles. The molecule has 0 aliphatic carbocycles. The fourth-order valence-electron chi connectivity index (χ4n) is 3.40. The van der Waals surface area contributed by atoms with Crippen molar-refractivity contribution in [3.05, 3.63) is 0 Å². The van der Waals surface area contributed by atoms with Crippen LogP contribution in [0.5, 0.6) is 0 Å². The van der Waals surface area contributed by atoms with Gasteiger partial charge in [-0.05, 0) is 53.9 Å². The van der Waals surface area contributed by atoms with E-state index >= 15 is 0 Å². The smallest absolute Gasteiger partial charge is 0.126 e. The summed E-state index contributed by atoms with van der Waals surface area (Å²) in [5.41, 5.74) is -0.311. The van der Waals surface area contributed by atoms with Crippen LogP contribution in [0.3, 0.4) is 0 Å². The standard InChI is InChI=1S/C17H29NO2/c1-14-12-18(13-15(2)19-14)11-7-10-17(5)9-6-8-16(3,4)20-17/h14-15H,6,8-9,11-13H2,1-5H3/t14-,15+,17-/m0/s1. The predicted molar refractivity (Wildman–Crippen MR) is 81.6 cm³/mol. The van der Waals surface area contributed by atoms with Gasteiger partial charge in [0.25, 0.3) is 0 Å². The van der Waals surface area contributed by atoms with E-state index in [0.717, 1.165) is 32.5 Å². The van der Waals surface area contributed by atoms with Gasteiger partial charge in [0.2, 0.25) is 0 Å². The minimum Gasteiger partial charge on any atom is -0.373 e. The lowest BCUT2D eigenvalue weighted by molar-refractivity contribution is -0.135. The average Bonchev–Trinajstić information content (AvgIpc) is 2.25. The maximum absolute atomic E-state index is 6.18. The van der Waals surface area contributed by atoms with Gasteiger partial charge in [-0.1, -0.05) is 11.8 Å². The normalized spacial score (nSPS) is 38.0. The van der Waals surface area contributed by atoms with Gasteiger partial charge in [-0.3, -0.25) is 4.90 Å². The van der Waals surface area contributed by atoms with Gasteiger partial charge in [0.15, 0.2) is 0 Å². The first-order valence-electron chi connectivity index (χ1n) is 7.86. The first-order chi connectivity index (χ1) is 9.28. The molecule has 0 aromatic carbocycles. The minimum absolute atomic E-state index is 0.0380. The van der Waals surface area contributed by atoms with Crippen molar-refractivity contribution in [2.45, 2.75) is 77.3 Å². The van der Waals surface area contributed by atoms with Crippen LogP contribution < -0.4 is 0 Å². The minimum atomic E-state index is -0.273. The topological polar surface area (TPSA) is 21.7 Å². The Morgan fingerprint density at radius 1 is 1.10 bits per heavy atom. The summed E-state index contributed by atoms with van der Waals surface area (Å²) >= 11 is 0. The molecule has 3 nitrogen and oxygen atoms in total. The summed E-state index contributed by atoms with van der Waals surface area (Å²) in [6, 6.07) is 0. The van der Waals surface area contributed by atoms with E-state index in [-0.39, 0.29) is 11.2 Å². The van der Waals surface area contributed by atoms with Crippen LogP contribution in [0.2, 0.25) is 0 Å². The number of rotatable bonds is 1. The number of nitrogens with zero attached hydrogens (tertiary/aromatic N) is 1. The van der Waals surface area contributed by atoms with E-state index in [1.165, 1.54) is 6.42 Å². The van der Waals surface area contributed by atoms with E-state index in [4.69, 9.17) is 9.47 Å². The molecule has 0 aromatic rings. The number of ether oxygens (including phenoxy) is 2. The third kappa shape index (κ3) is 4.48. The van der Waals surface area contributed by atoms with E-state index in [0.29, 0.717) is 12.2 Å². The first kappa shape index (κ1) is 15.8. The Morgan fingerprint density at radius 3 is 2.35 bits per heavy atom. The van der Waals surface area contributed by atoms with Crippen molar-refractivity contribution in [3.8, 4) is 11.8 Å². The highest BCUT2D eigenvalue weighted by Gasteiger charge is 2.35. The maximum atomic E-state index is 6.18. The second-order valence-corrected chi connectivity index (χ2v) is 7.20. The van der Waals surface area contributed by atoms with E-state index in [2.05, 4.69) is 51.4 Å². The fourth-order valence-corrected chi connectivity index (χ4v) is 3.40. The number of hydrogen-bond acceptors (Lipinski definition) is 3. The molecule has 0 amide bonds. The van der Waals surface area contributed by atoms with Crippen molar-refractivity contribution in [3.63, 3.8) is 0 Å². The molecule has 0 aromatic heterocycles. The second kappa shape index (κ2) is 6.05. The Labute approximate surface area is 124 Å². The molecule has 2 aliphatic heterocycles. The summed E-state index contributed by atoms with van der Waals surface area (Å²) in [5.74, 6) is 6.72. The Morgan fingerprint density at radius 2 is 1.75 bits per heavy atom. The predicted octanol–water partition coefficient (Wildman–Crippen LogP) is 2.84. The van der Waals surface area contributed by atoms with Crippen molar-refractivity contribution in [2.24, 2.45) is 0 Å². The van der Waals surface area contributed by atoms with E-state index in [9.17, 15) is 0 Å². The zero-order valence-electron chi connectivity index (χ0n) is 13.7. The molecule has 0 saturated carbocycles. The summed E-state index contributed by atoms with van der Waals surface area (Å²) in [7, 11) is 0. The monoisotopic (exact) mass is 279 g/mol. The Bertz CT molecular complexity index is 386. The van der Waals surface area contributed by atoms with Crippen molar-refractivity contribution in [2.75, 3.05) is 19.6 Å². The van der Waals surface area contributed by atoms with E-state index in [1.807, 2.05) is 0 Å². The Hall–Kier alpha value is -0.560. The third-order valence-electron chi connectivity index (χ3n) is 4.08. The lowest BCUT2D eigenvalue weighted by Crippen LogP contribution is -2.45. The van der Waals surface area contributed by atoms with Crippen molar-refractivity contribution >= 4 is 0 Å². The van der Waals surface area contributed by atoms with Crippen LogP contribution in [0, 0.1) is 11.8 Å². The highest BCUT2D eigenvalue weighted by Crippen LogP contribution is 2.34. The molecular weight excluding hydrogens is 250 g/mol. The molecule has 0 unspecified atom stereocenters. The van der Waals surface area contributed by atoms with Gasteiger partial charge in [0.1, 0.15) is 5.60 Å². The van der Waals surface area contributed by atoms with Crippen molar-refractivity contribution < 1.29 is 9.47 Å². The number of hydrogen-bond donors (Lipinski definition) is 0. The molecule has 0 radical (unpaired) electrons. The lowest BCUT2D eigenvalue weighted by atomic mass is 9.88. The molecule has 2 rings (SSSR count). The van der Waals surface area contributed by atoms with Gasteiger partial charge in [-0.2, -0.15) is 0 Å². The Balaban J connectivity index is 1.90. The summed E-state index contributed by atoms with van der Waals surface area (Å²) in [4.78, 5) is 2.38. The van der Waals surface area contributed by atoms with Gasteiger partial charge in [0, 0.05) is 13.1 Å². The summed E-state index contributed by atoms with van der Waals surface area (Å²) in [5, 5.41) is 0. The van der Waals surface area contributed by atoms with Crippen molar-refractivity contribution in [1.82, 2.24) is 4.90 Å². The van der Waals surface area contributed by atoms with Crippen LogP contribution in [0.1, 0.15) is 53.9 Å². The van der Waals surface area contributed by atoms with Crippen LogP contribution in [0.15, 0.2) is 0 Å². The summed E-state index contributed by atoms with van der Waals surface area (Å²) < 4.78 is 11.9. The maximum Gasteiger partial charge on any atom is 0.126 e. The van der Waals surface area contributed by atoms with Gasteiger partial charge in [0.05, 0.1) is 24.4 Å². The van der Waals surface area contributed by atoms with E-state index in [1.54, 1.807) is 0 Å². The molecule has 0 bridgehead atoms. The highest BCUT2D eigenvalue weighted by molar-refractivity contribution is 5.16. The largest absolute Gasteiger partial charge is 0.373 e. The van der Waals surface area contributed by atoms with Crippen LogP contribution in [-0.2, 0) is 9.47 Å². The van der Waals surface area contributed by atoms with Crippen LogP contribution >= 0.6 is 0 Å². The molecule has 3 heteroatoms. The molecule has 114 valence electrons. The molecule has 0 N–H and O–H groups in total. The van der Waals surface area contributed by atoms with Crippen LogP contribution in [0.4, 0.5) is 0 Å². The van der Waals surface area contributed by atoms with Gasteiger partial charge < -0.3 is 9.47 Å². The quantitative estimate of drug-likeness (QED) is 0.689. The second-order valence-electron chi connectivity index (χ2n) is 7.20. The first-order valence-corrected chi connectivity index (χ1v) is 7.86. The summed E-state index contributed by atoms with van der Waals surface area (Å²) in [6.07, 6.45) is 3.98. The van der Waals surface area contributed by atoms with Crippen LogP contribution in [0.25, 0.3) is 0 Å². The zero-order valence-corrected chi connectivity index (χ0v) is 13.7. The molecule has 20 heavy (non-hydrogen) atoms. The molecule has 2 fully saturated rings. The molecular formula is C17H29NO2. The zero-order chi connectivity index (χ0) is 14.8. The highest BCUT2D eigenvalue weighted by atomic mass is 16.5. The Kier molecular flexibility index (Phi) is 4.79. The fraction of sp³-hybridized carbons (Fsp3) is 0.882. The third-order valence-corrected chi connectivity index (χ3v) is 4.08. The molecule has 2 heterocycles.